The van der Waals surface area contributed by atoms with Gasteiger partial charge in [-0.1, -0.05) is 0 Å². The van der Waals surface area contributed by atoms with E-state index in [1.54, 1.807) is 12.1 Å². The Labute approximate surface area is 116 Å². The van der Waals surface area contributed by atoms with E-state index in [1.807, 2.05) is 6.07 Å². The van der Waals surface area contributed by atoms with Crippen LogP contribution in [0.4, 0.5) is 11.8 Å². The third-order valence-corrected chi connectivity index (χ3v) is 3.21. The number of nitrogens with two attached hydrogens (primary N) is 2. The molecule has 0 unspecified atom stereocenters. The number of aromatic hydroxyl groups is 1. The van der Waals surface area contributed by atoms with Gasteiger partial charge in [0.15, 0.2) is 0 Å². The number of aromatic nitrogens is 2. The van der Waals surface area contributed by atoms with Crippen LogP contribution in [0.5, 0.6) is 5.75 Å². The van der Waals surface area contributed by atoms with E-state index in [-0.39, 0.29) is 23.1 Å². The first-order chi connectivity index (χ1) is 8.52. The van der Waals surface area contributed by atoms with Crippen LogP contribution in [-0.2, 0) is 0 Å². The van der Waals surface area contributed by atoms with Crippen molar-refractivity contribution in [1.29, 1.82) is 5.26 Å². The lowest BCUT2D eigenvalue weighted by Gasteiger charge is -2.08. The third-order valence-electron chi connectivity index (χ3n) is 2.27. The molecular formula is C11H8IN5O. The maximum Gasteiger partial charge on any atom is 0.222 e. The van der Waals surface area contributed by atoms with E-state index in [1.165, 1.54) is 6.07 Å². The highest BCUT2D eigenvalue weighted by Crippen LogP contribution is 2.31. The quantitative estimate of drug-likeness (QED) is 0.668. The molecule has 2 aromatic rings. The van der Waals surface area contributed by atoms with Crippen molar-refractivity contribution in [3.05, 3.63) is 27.3 Å². The summed E-state index contributed by atoms with van der Waals surface area (Å²) in [5.41, 5.74) is 12.2. The van der Waals surface area contributed by atoms with Crippen LogP contribution in [0.1, 0.15) is 5.56 Å². The Hall–Kier alpha value is -2.08. The van der Waals surface area contributed by atoms with Crippen molar-refractivity contribution in [3.8, 4) is 23.1 Å². The molecular weight excluding hydrogens is 345 g/mol. The number of phenols is 1. The number of nitriles is 1. The van der Waals surface area contributed by atoms with Gasteiger partial charge in [0, 0.05) is 9.13 Å². The molecule has 0 atom stereocenters. The summed E-state index contributed by atoms with van der Waals surface area (Å²) < 4.78 is 0.819. The zero-order valence-corrected chi connectivity index (χ0v) is 11.2. The Morgan fingerprint density at radius 2 is 2.00 bits per heavy atom. The summed E-state index contributed by atoms with van der Waals surface area (Å²) >= 11 is 2.07. The smallest absolute Gasteiger partial charge is 0.222 e. The predicted molar refractivity (Wildman–Crippen MR) is 75.4 cm³/mol. The van der Waals surface area contributed by atoms with Gasteiger partial charge >= 0.3 is 0 Å². The van der Waals surface area contributed by atoms with Crippen molar-refractivity contribution in [2.45, 2.75) is 0 Å². The number of hydrogen-bond acceptors (Lipinski definition) is 6. The van der Waals surface area contributed by atoms with Crippen molar-refractivity contribution in [2.75, 3.05) is 11.5 Å². The summed E-state index contributed by atoms with van der Waals surface area (Å²) in [6, 6.07) is 6.71. The van der Waals surface area contributed by atoms with Gasteiger partial charge in [-0.25, -0.2) is 4.98 Å². The Bertz CT molecular complexity index is 665. The Morgan fingerprint density at radius 1 is 1.28 bits per heavy atom. The molecule has 0 spiro atoms. The lowest BCUT2D eigenvalue weighted by molar-refractivity contribution is 0.475. The lowest BCUT2D eigenvalue weighted by Crippen LogP contribution is -2.05. The molecule has 0 radical (unpaired) electrons. The summed E-state index contributed by atoms with van der Waals surface area (Å²) in [6.45, 7) is 0. The third kappa shape index (κ3) is 2.14. The Kier molecular flexibility index (Phi) is 3.20. The summed E-state index contributed by atoms with van der Waals surface area (Å²) in [5.74, 6) is 0.0878. The molecule has 5 N–H and O–H groups in total. The maximum absolute atomic E-state index is 9.51. The molecule has 0 saturated heterocycles. The Morgan fingerprint density at radius 3 is 2.67 bits per heavy atom. The molecule has 1 heterocycles. The minimum atomic E-state index is -0.0133. The molecule has 0 fully saturated rings. The summed E-state index contributed by atoms with van der Waals surface area (Å²) in [6.07, 6.45) is 0. The van der Waals surface area contributed by atoms with E-state index < -0.39 is 0 Å². The number of nitrogen functional groups attached to an aromatic ring is 2. The largest absolute Gasteiger partial charge is 0.508 e. The van der Waals surface area contributed by atoms with E-state index in [0.29, 0.717) is 11.3 Å². The number of halogens is 1. The molecule has 1 aromatic heterocycles. The molecule has 0 saturated carbocycles. The van der Waals surface area contributed by atoms with Gasteiger partial charge in [0.25, 0.3) is 0 Å². The van der Waals surface area contributed by atoms with E-state index in [4.69, 9.17) is 16.7 Å². The first-order valence-electron chi connectivity index (χ1n) is 4.85. The second kappa shape index (κ2) is 4.66. The van der Waals surface area contributed by atoms with Gasteiger partial charge in [0.2, 0.25) is 5.95 Å². The fourth-order valence-electron chi connectivity index (χ4n) is 1.50. The minimum absolute atomic E-state index is 0.0133. The highest BCUT2D eigenvalue weighted by molar-refractivity contribution is 14.1. The van der Waals surface area contributed by atoms with E-state index in [0.717, 1.165) is 3.57 Å². The SMILES string of the molecule is N#Cc1c(N)nc(N)nc1-c1cc(O)ccc1I. The predicted octanol–water partition coefficient (Wildman–Crippen LogP) is 1.49. The molecule has 0 aliphatic rings. The molecule has 90 valence electrons. The van der Waals surface area contributed by atoms with Gasteiger partial charge < -0.3 is 16.6 Å². The normalized spacial score (nSPS) is 10.0. The maximum atomic E-state index is 9.51. The van der Waals surface area contributed by atoms with Crippen molar-refractivity contribution in [3.63, 3.8) is 0 Å². The zero-order valence-electron chi connectivity index (χ0n) is 9.05. The van der Waals surface area contributed by atoms with Crippen molar-refractivity contribution < 1.29 is 5.11 Å². The molecule has 1 aromatic carbocycles. The van der Waals surface area contributed by atoms with E-state index >= 15 is 0 Å². The average molecular weight is 353 g/mol. The lowest BCUT2D eigenvalue weighted by atomic mass is 10.1. The summed E-state index contributed by atoms with van der Waals surface area (Å²) in [4.78, 5) is 7.76. The number of benzene rings is 1. The van der Waals surface area contributed by atoms with Crippen molar-refractivity contribution in [2.24, 2.45) is 0 Å². The number of rotatable bonds is 1. The zero-order chi connectivity index (χ0) is 13.3. The average Bonchev–Trinajstić information content (AvgIpc) is 2.31. The molecule has 0 aliphatic heterocycles. The monoisotopic (exact) mass is 353 g/mol. The second-order valence-electron chi connectivity index (χ2n) is 3.47. The minimum Gasteiger partial charge on any atom is -0.508 e. The molecule has 6 nitrogen and oxygen atoms in total. The van der Waals surface area contributed by atoms with Crippen LogP contribution in [0.3, 0.4) is 0 Å². The van der Waals surface area contributed by atoms with Gasteiger partial charge in [-0.05, 0) is 40.8 Å². The summed E-state index contributed by atoms with van der Waals surface area (Å²) in [7, 11) is 0. The van der Waals surface area contributed by atoms with Gasteiger partial charge in [-0.2, -0.15) is 10.2 Å². The van der Waals surface area contributed by atoms with Crippen molar-refractivity contribution in [1.82, 2.24) is 9.97 Å². The fourth-order valence-corrected chi connectivity index (χ4v) is 2.09. The number of hydrogen-bond donors (Lipinski definition) is 3. The van der Waals surface area contributed by atoms with Crippen LogP contribution in [0.2, 0.25) is 0 Å². The standard InChI is InChI=1S/C11H8IN5O/c12-8-2-1-5(18)3-6(8)9-7(4-13)10(14)17-11(15)16-9/h1-3,18H,(H4,14,15,16,17). The van der Waals surface area contributed by atoms with Crippen LogP contribution < -0.4 is 11.5 Å². The Balaban J connectivity index is 2.78. The first-order valence-corrected chi connectivity index (χ1v) is 5.92. The molecule has 0 bridgehead atoms. The number of phenolic OH excluding ortho intramolecular Hbond substituents is 1. The molecule has 7 heteroatoms. The first kappa shape index (κ1) is 12.4. The van der Waals surface area contributed by atoms with Gasteiger partial charge in [-0.3, -0.25) is 0 Å². The number of anilines is 2. The molecule has 2 rings (SSSR count). The van der Waals surface area contributed by atoms with Crippen LogP contribution in [0.15, 0.2) is 18.2 Å². The van der Waals surface area contributed by atoms with Crippen LogP contribution in [-0.4, -0.2) is 15.1 Å². The van der Waals surface area contributed by atoms with Crippen LogP contribution in [0, 0.1) is 14.9 Å². The van der Waals surface area contributed by atoms with Crippen molar-refractivity contribution >= 4 is 34.4 Å². The molecule has 18 heavy (non-hydrogen) atoms. The van der Waals surface area contributed by atoms with E-state index in [9.17, 15) is 5.11 Å². The molecule has 0 aliphatic carbocycles. The fraction of sp³-hybridized carbons (Fsp3) is 0. The van der Waals surface area contributed by atoms with Gasteiger partial charge in [-0.15, -0.1) is 0 Å². The van der Waals surface area contributed by atoms with Gasteiger partial charge in [0.05, 0.1) is 5.69 Å². The highest BCUT2D eigenvalue weighted by atomic mass is 127. The topological polar surface area (TPSA) is 122 Å². The second-order valence-corrected chi connectivity index (χ2v) is 4.63. The van der Waals surface area contributed by atoms with Crippen LogP contribution in [0.25, 0.3) is 11.3 Å². The van der Waals surface area contributed by atoms with Gasteiger partial charge in [0.1, 0.15) is 23.2 Å². The number of nitrogens with zero attached hydrogens (tertiary/aromatic N) is 3. The van der Waals surface area contributed by atoms with E-state index in [2.05, 4.69) is 32.6 Å². The summed E-state index contributed by atoms with van der Waals surface area (Å²) in [5, 5.41) is 18.6. The highest BCUT2D eigenvalue weighted by Gasteiger charge is 2.15. The molecule has 0 amide bonds. The van der Waals surface area contributed by atoms with Crippen LogP contribution >= 0.6 is 22.6 Å².